The van der Waals surface area contributed by atoms with E-state index in [-0.39, 0.29) is 11.5 Å². The molecule has 4 heterocycles. The first kappa shape index (κ1) is 18.9. The molecule has 1 N–H and O–H groups in total. The van der Waals surface area contributed by atoms with Crippen molar-refractivity contribution in [3.63, 3.8) is 0 Å². The van der Waals surface area contributed by atoms with Gasteiger partial charge in [-0.05, 0) is 64.3 Å². The van der Waals surface area contributed by atoms with Gasteiger partial charge in [-0.2, -0.15) is 0 Å². The predicted octanol–water partition coefficient (Wildman–Crippen LogP) is 2.43. The van der Waals surface area contributed by atoms with Crippen molar-refractivity contribution in [1.29, 1.82) is 0 Å². The minimum absolute atomic E-state index is 0.0558. The lowest BCUT2D eigenvalue weighted by Crippen LogP contribution is -2.29. The molecule has 7 nitrogen and oxygen atoms in total. The van der Waals surface area contributed by atoms with Gasteiger partial charge in [0.25, 0.3) is 5.56 Å². The third-order valence-electron chi connectivity index (χ3n) is 6.89. The molecule has 1 aliphatic carbocycles. The Morgan fingerprint density at radius 2 is 1.97 bits per heavy atom. The molecule has 156 valence electrons. The molecule has 7 heteroatoms. The molecule has 1 amide bonds. The summed E-state index contributed by atoms with van der Waals surface area (Å²) < 4.78 is 1.59. The molecule has 2 saturated heterocycles. The molecule has 0 radical (unpaired) electrons. The van der Waals surface area contributed by atoms with Crippen LogP contribution in [0.3, 0.4) is 0 Å². The molecule has 1 saturated carbocycles. The zero-order chi connectivity index (χ0) is 20.0. The van der Waals surface area contributed by atoms with Gasteiger partial charge in [-0.25, -0.2) is 9.50 Å². The second-order valence-electron chi connectivity index (χ2n) is 9.07. The van der Waals surface area contributed by atoms with Gasteiger partial charge in [-0.1, -0.05) is 0 Å². The monoisotopic (exact) mass is 397 g/mol. The van der Waals surface area contributed by atoms with Gasteiger partial charge in [0.05, 0.1) is 11.7 Å². The number of hydrogen-bond acceptors (Lipinski definition) is 4. The minimum Gasteiger partial charge on any atom is -0.343 e. The normalized spacial score (nSPS) is 22.8. The zero-order valence-corrected chi connectivity index (χ0v) is 17.3. The summed E-state index contributed by atoms with van der Waals surface area (Å²) in [6, 6.07) is 2.40. The second-order valence-corrected chi connectivity index (χ2v) is 9.07. The maximum absolute atomic E-state index is 13.1. The molecule has 0 bridgehead atoms. The lowest BCUT2D eigenvalue weighted by atomic mass is 10.1. The number of aromatic nitrogens is 3. The smallest absolute Gasteiger partial charge is 0.276 e. The number of nitrogens with zero attached hydrogens (tertiary/aromatic N) is 4. The summed E-state index contributed by atoms with van der Waals surface area (Å²) in [5, 5.41) is 3.34. The zero-order valence-electron chi connectivity index (χ0n) is 17.3. The lowest BCUT2D eigenvalue weighted by molar-refractivity contribution is -0.130. The number of nitrogens with one attached hydrogen (secondary N) is 1. The first-order valence-electron chi connectivity index (χ1n) is 11.2. The third-order valence-corrected chi connectivity index (χ3v) is 6.89. The Hall–Kier alpha value is -2.15. The second kappa shape index (κ2) is 7.59. The van der Waals surface area contributed by atoms with Crippen LogP contribution in [0.4, 0.5) is 0 Å². The van der Waals surface area contributed by atoms with Gasteiger partial charge in [0.2, 0.25) is 5.91 Å². The van der Waals surface area contributed by atoms with Crippen LogP contribution in [0.1, 0.15) is 67.9 Å². The van der Waals surface area contributed by atoms with Crippen LogP contribution < -0.4 is 5.56 Å². The van der Waals surface area contributed by atoms with E-state index in [4.69, 9.17) is 4.98 Å². The highest BCUT2D eigenvalue weighted by Gasteiger charge is 2.33. The highest BCUT2D eigenvalue weighted by atomic mass is 16.2. The van der Waals surface area contributed by atoms with E-state index < -0.39 is 0 Å². The molecule has 3 aliphatic rings. The summed E-state index contributed by atoms with van der Waals surface area (Å²) in [6.07, 6.45) is 8.07. The molecule has 0 spiro atoms. The topological polar surface area (TPSA) is 73.7 Å². The van der Waals surface area contributed by atoms with Crippen LogP contribution in [-0.4, -0.2) is 56.5 Å². The molecule has 2 aromatic heterocycles. The Morgan fingerprint density at radius 3 is 2.72 bits per heavy atom. The molecule has 2 aliphatic heterocycles. The van der Waals surface area contributed by atoms with E-state index in [9.17, 15) is 9.59 Å². The maximum Gasteiger partial charge on any atom is 0.276 e. The first-order valence-corrected chi connectivity index (χ1v) is 11.2. The van der Waals surface area contributed by atoms with Crippen LogP contribution in [0.15, 0.2) is 10.9 Å². The number of likely N-dealkylation sites (tertiary alicyclic amines) is 2. The molecule has 2 aromatic rings. The summed E-state index contributed by atoms with van der Waals surface area (Å²) in [5.41, 5.74) is 3.13. The summed E-state index contributed by atoms with van der Waals surface area (Å²) in [7, 11) is 0. The van der Waals surface area contributed by atoms with E-state index in [1.165, 1.54) is 25.8 Å². The molecule has 1 unspecified atom stereocenters. The Morgan fingerprint density at radius 1 is 1.17 bits per heavy atom. The van der Waals surface area contributed by atoms with Crippen LogP contribution in [0.2, 0.25) is 0 Å². The lowest BCUT2D eigenvalue weighted by Gasteiger charge is -2.23. The molecule has 29 heavy (non-hydrogen) atoms. The van der Waals surface area contributed by atoms with E-state index in [0.717, 1.165) is 56.2 Å². The molecular weight excluding hydrogens is 366 g/mol. The fourth-order valence-corrected chi connectivity index (χ4v) is 5.03. The van der Waals surface area contributed by atoms with Gasteiger partial charge in [-0.3, -0.25) is 19.6 Å². The van der Waals surface area contributed by atoms with Gasteiger partial charge in [0.1, 0.15) is 0 Å². The van der Waals surface area contributed by atoms with Crippen LogP contribution in [0.5, 0.6) is 0 Å². The number of aromatic amines is 1. The fraction of sp³-hybridized carbons (Fsp3) is 0.682. The fourth-order valence-electron chi connectivity index (χ4n) is 5.03. The number of carbonyl (C=O) groups is 1. The van der Waals surface area contributed by atoms with Crippen LogP contribution in [0, 0.1) is 12.8 Å². The number of carbonyl (C=O) groups excluding carboxylic acids is 1. The third kappa shape index (κ3) is 3.72. The highest BCUT2D eigenvalue weighted by molar-refractivity contribution is 5.76. The van der Waals surface area contributed by atoms with Crippen LogP contribution in [-0.2, 0) is 11.2 Å². The first-order chi connectivity index (χ1) is 14.1. The van der Waals surface area contributed by atoms with Crippen molar-refractivity contribution >= 4 is 11.6 Å². The van der Waals surface area contributed by atoms with Crippen LogP contribution >= 0.6 is 0 Å². The largest absolute Gasteiger partial charge is 0.343 e. The molecule has 1 atom stereocenters. The molecule has 3 fully saturated rings. The Kier molecular flexibility index (Phi) is 4.94. The van der Waals surface area contributed by atoms with E-state index in [0.29, 0.717) is 30.1 Å². The van der Waals surface area contributed by atoms with Crippen molar-refractivity contribution in [3.8, 4) is 0 Å². The Balaban J connectivity index is 1.37. The molecule has 5 rings (SSSR count). The molecular formula is C22H31N5O2. The van der Waals surface area contributed by atoms with E-state index in [2.05, 4.69) is 10.00 Å². The predicted molar refractivity (Wildman–Crippen MR) is 111 cm³/mol. The Labute approximate surface area is 171 Å². The number of rotatable bonds is 6. The summed E-state index contributed by atoms with van der Waals surface area (Å²) in [4.78, 5) is 34.7. The quantitative estimate of drug-likeness (QED) is 0.813. The average Bonchev–Trinajstić information content (AvgIpc) is 3.11. The van der Waals surface area contributed by atoms with Crippen molar-refractivity contribution in [2.75, 3.05) is 26.2 Å². The number of amides is 1. The summed E-state index contributed by atoms with van der Waals surface area (Å²) in [6.45, 7) is 5.91. The highest BCUT2D eigenvalue weighted by Crippen LogP contribution is 2.37. The van der Waals surface area contributed by atoms with Crippen molar-refractivity contribution in [3.05, 3.63) is 33.4 Å². The Bertz CT molecular complexity index is 967. The van der Waals surface area contributed by atoms with Gasteiger partial charge >= 0.3 is 0 Å². The van der Waals surface area contributed by atoms with E-state index in [1.54, 1.807) is 4.52 Å². The van der Waals surface area contributed by atoms with Crippen molar-refractivity contribution in [1.82, 2.24) is 24.4 Å². The number of hydrogen-bond donors (Lipinski definition) is 1. The average molecular weight is 398 g/mol. The minimum atomic E-state index is -0.0558. The summed E-state index contributed by atoms with van der Waals surface area (Å²) >= 11 is 0. The van der Waals surface area contributed by atoms with Gasteiger partial charge in [-0.15, -0.1) is 0 Å². The molecule has 0 aromatic carbocycles. The maximum atomic E-state index is 13.1. The van der Waals surface area contributed by atoms with Crippen LogP contribution in [0.25, 0.3) is 5.65 Å². The van der Waals surface area contributed by atoms with E-state index >= 15 is 0 Å². The van der Waals surface area contributed by atoms with Crippen molar-refractivity contribution in [2.45, 2.75) is 64.3 Å². The van der Waals surface area contributed by atoms with Gasteiger partial charge in [0, 0.05) is 43.4 Å². The summed E-state index contributed by atoms with van der Waals surface area (Å²) in [5.74, 6) is 1.02. The number of H-pyrrole nitrogens is 1. The van der Waals surface area contributed by atoms with Gasteiger partial charge < -0.3 is 4.90 Å². The SMILES string of the molecule is Cc1nc2cc(C3CCCN3CC3CC3)[nH]n2c(=O)c1CCC(=O)N1CCCC1. The number of aryl methyl sites for hydroxylation is 1. The van der Waals surface area contributed by atoms with Crippen molar-refractivity contribution < 1.29 is 4.79 Å². The van der Waals surface area contributed by atoms with E-state index in [1.807, 2.05) is 17.9 Å². The number of fused-ring (bicyclic) bond motifs is 1. The van der Waals surface area contributed by atoms with Gasteiger partial charge in [0.15, 0.2) is 5.65 Å². The standard InChI is InChI=1S/C22H31N5O2/c1-15-17(8-9-21(28)25-10-2-3-11-25)22(29)27-20(23-15)13-18(24-27)19-5-4-12-26(19)14-16-6-7-16/h13,16,19,24H,2-12,14H2,1H3. The van der Waals surface area contributed by atoms with Crippen molar-refractivity contribution in [2.24, 2.45) is 5.92 Å².